The minimum Gasteiger partial charge on any atom is -0.491 e. The number of carbonyl (C=O) groups is 2. The zero-order valence-electron chi connectivity index (χ0n) is 14.7. The Balaban J connectivity index is 1.54. The van der Waals surface area contributed by atoms with Gasteiger partial charge in [-0.15, -0.1) is 0 Å². The van der Waals surface area contributed by atoms with Crippen molar-refractivity contribution in [1.82, 2.24) is 4.90 Å². The van der Waals surface area contributed by atoms with E-state index in [1.165, 1.54) is 12.1 Å². The van der Waals surface area contributed by atoms with Gasteiger partial charge in [-0.25, -0.2) is 9.59 Å². The molecule has 0 bridgehead atoms. The topological polar surface area (TPSA) is 85.3 Å². The van der Waals surface area contributed by atoms with Crippen molar-refractivity contribution in [3.8, 4) is 5.75 Å². The van der Waals surface area contributed by atoms with Gasteiger partial charge in [0.25, 0.3) is 0 Å². The molecule has 27 heavy (non-hydrogen) atoms. The summed E-state index contributed by atoms with van der Waals surface area (Å²) in [5, 5.41) is 8.92. The van der Waals surface area contributed by atoms with Crippen molar-refractivity contribution in [2.45, 2.75) is 12.6 Å². The summed E-state index contributed by atoms with van der Waals surface area (Å²) >= 11 is 0. The molecule has 1 heterocycles. The highest BCUT2D eigenvalue weighted by atomic mass is 16.6. The normalized spacial score (nSPS) is 16.6. The van der Waals surface area contributed by atoms with E-state index in [0.717, 1.165) is 5.56 Å². The highest BCUT2D eigenvalue weighted by Crippen LogP contribution is 2.16. The van der Waals surface area contributed by atoms with Crippen molar-refractivity contribution >= 4 is 12.1 Å². The smallest absolute Gasteiger partial charge is 0.410 e. The number of benzene rings is 2. The first-order valence-corrected chi connectivity index (χ1v) is 8.64. The summed E-state index contributed by atoms with van der Waals surface area (Å²) in [7, 11) is 0. The lowest BCUT2D eigenvalue weighted by Gasteiger charge is -2.34. The van der Waals surface area contributed by atoms with Gasteiger partial charge in [0, 0.05) is 6.54 Å². The number of carbonyl (C=O) groups excluding carboxylic acids is 1. The second-order valence-corrected chi connectivity index (χ2v) is 6.10. The number of aromatic carboxylic acids is 1. The number of hydrogen-bond acceptors (Lipinski definition) is 5. The van der Waals surface area contributed by atoms with Crippen LogP contribution in [0, 0.1) is 0 Å². The highest BCUT2D eigenvalue weighted by Gasteiger charge is 2.29. The highest BCUT2D eigenvalue weighted by molar-refractivity contribution is 5.87. The molecule has 1 atom stereocenters. The van der Waals surface area contributed by atoms with E-state index in [9.17, 15) is 9.59 Å². The summed E-state index contributed by atoms with van der Waals surface area (Å²) in [6.45, 7) is 1.67. The third-order valence-corrected chi connectivity index (χ3v) is 4.21. The average molecular weight is 371 g/mol. The molecule has 0 aliphatic carbocycles. The molecule has 0 aromatic heterocycles. The van der Waals surface area contributed by atoms with Gasteiger partial charge in [0.15, 0.2) is 0 Å². The number of nitrogens with zero attached hydrogens (tertiary/aromatic N) is 1. The number of carboxylic acid groups (broad SMARTS) is 1. The molecule has 142 valence electrons. The second-order valence-electron chi connectivity index (χ2n) is 6.10. The quantitative estimate of drug-likeness (QED) is 0.840. The van der Waals surface area contributed by atoms with Gasteiger partial charge in [-0.1, -0.05) is 30.3 Å². The molecule has 1 N–H and O–H groups in total. The van der Waals surface area contributed by atoms with E-state index in [4.69, 9.17) is 19.3 Å². The molecular weight excluding hydrogens is 350 g/mol. The molecule has 7 nitrogen and oxygen atoms in total. The third-order valence-electron chi connectivity index (χ3n) is 4.21. The average Bonchev–Trinajstić information content (AvgIpc) is 2.71. The first-order valence-electron chi connectivity index (χ1n) is 8.64. The van der Waals surface area contributed by atoms with Crippen LogP contribution in [0.1, 0.15) is 15.9 Å². The number of hydrogen-bond donors (Lipinski definition) is 1. The van der Waals surface area contributed by atoms with Crippen LogP contribution in [0.2, 0.25) is 0 Å². The van der Waals surface area contributed by atoms with Gasteiger partial charge in [0.05, 0.1) is 24.8 Å². The van der Waals surface area contributed by atoms with Gasteiger partial charge in [-0.3, -0.25) is 4.90 Å². The van der Waals surface area contributed by atoms with Gasteiger partial charge in [0.2, 0.25) is 0 Å². The summed E-state index contributed by atoms with van der Waals surface area (Å²) in [5.74, 6) is -0.460. The number of amides is 1. The van der Waals surface area contributed by atoms with Crippen molar-refractivity contribution < 1.29 is 28.9 Å². The number of ether oxygens (including phenoxy) is 3. The molecule has 1 saturated heterocycles. The van der Waals surface area contributed by atoms with Crippen molar-refractivity contribution in [2.75, 3.05) is 26.4 Å². The van der Waals surface area contributed by atoms with Crippen LogP contribution in [0.25, 0.3) is 0 Å². The van der Waals surface area contributed by atoms with E-state index in [1.54, 1.807) is 17.0 Å². The molecule has 1 fully saturated rings. The SMILES string of the molecule is O=C(O)c1ccc(OC[C@@H]2COCCN2C(=O)OCc2ccccc2)cc1. The zero-order chi connectivity index (χ0) is 19.1. The van der Waals surface area contributed by atoms with Crippen molar-refractivity contribution in [1.29, 1.82) is 0 Å². The number of rotatable bonds is 6. The molecule has 3 rings (SSSR count). The Morgan fingerprint density at radius 1 is 1.11 bits per heavy atom. The summed E-state index contributed by atoms with van der Waals surface area (Å²) < 4.78 is 16.6. The molecule has 0 unspecified atom stereocenters. The summed E-state index contributed by atoms with van der Waals surface area (Å²) in [4.78, 5) is 24.9. The molecular formula is C20H21NO6. The summed E-state index contributed by atoms with van der Waals surface area (Å²) in [5.41, 5.74) is 1.11. The van der Waals surface area contributed by atoms with Crippen LogP contribution in [-0.2, 0) is 16.1 Å². The van der Waals surface area contributed by atoms with E-state index >= 15 is 0 Å². The maximum absolute atomic E-state index is 12.4. The predicted molar refractivity (Wildman–Crippen MR) is 96.8 cm³/mol. The maximum atomic E-state index is 12.4. The van der Waals surface area contributed by atoms with Crippen LogP contribution in [0.5, 0.6) is 5.75 Å². The van der Waals surface area contributed by atoms with E-state index in [2.05, 4.69) is 0 Å². The van der Waals surface area contributed by atoms with Crippen LogP contribution in [0.3, 0.4) is 0 Å². The first kappa shape index (κ1) is 18.7. The van der Waals surface area contributed by atoms with E-state index in [0.29, 0.717) is 25.5 Å². The van der Waals surface area contributed by atoms with Crippen LogP contribution in [0.4, 0.5) is 4.79 Å². The van der Waals surface area contributed by atoms with Crippen molar-refractivity contribution in [2.24, 2.45) is 0 Å². The van der Waals surface area contributed by atoms with Crippen LogP contribution in [0.15, 0.2) is 54.6 Å². The van der Waals surface area contributed by atoms with Crippen LogP contribution >= 0.6 is 0 Å². The van der Waals surface area contributed by atoms with Gasteiger partial charge in [-0.2, -0.15) is 0 Å². The maximum Gasteiger partial charge on any atom is 0.410 e. The summed E-state index contributed by atoms with van der Waals surface area (Å²) in [6, 6.07) is 15.3. The summed E-state index contributed by atoms with van der Waals surface area (Å²) in [6.07, 6.45) is -0.406. The Morgan fingerprint density at radius 2 is 1.85 bits per heavy atom. The lowest BCUT2D eigenvalue weighted by Crippen LogP contribution is -2.51. The minimum atomic E-state index is -0.991. The van der Waals surface area contributed by atoms with Crippen LogP contribution in [-0.4, -0.2) is 54.5 Å². The molecule has 0 spiro atoms. The fourth-order valence-corrected chi connectivity index (χ4v) is 2.72. The molecule has 7 heteroatoms. The fraction of sp³-hybridized carbons (Fsp3) is 0.300. The predicted octanol–water partition coefficient (Wildman–Crippen LogP) is 2.80. The van der Waals surface area contributed by atoms with Crippen LogP contribution < -0.4 is 4.74 Å². The van der Waals surface area contributed by atoms with Crippen molar-refractivity contribution in [3.63, 3.8) is 0 Å². The van der Waals surface area contributed by atoms with Gasteiger partial charge < -0.3 is 19.3 Å². The molecule has 0 saturated carbocycles. The lowest BCUT2D eigenvalue weighted by atomic mass is 10.2. The largest absolute Gasteiger partial charge is 0.491 e. The van der Waals surface area contributed by atoms with Gasteiger partial charge >= 0.3 is 12.1 Å². The van der Waals surface area contributed by atoms with Gasteiger partial charge in [-0.05, 0) is 29.8 Å². The standard InChI is InChI=1S/C20H21NO6/c22-19(23)16-6-8-18(9-7-16)26-14-17-13-25-11-10-21(17)20(24)27-12-15-4-2-1-3-5-15/h1-9,17H,10-14H2,(H,22,23)/t17-/m0/s1. The Bertz CT molecular complexity index is 762. The lowest BCUT2D eigenvalue weighted by molar-refractivity contribution is -0.0238. The fourth-order valence-electron chi connectivity index (χ4n) is 2.72. The van der Waals surface area contributed by atoms with E-state index in [-0.39, 0.29) is 24.8 Å². The molecule has 2 aromatic carbocycles. The molecule has 0 radical (unpaired) electrons. The van der Waals surface area contributed by atoms with Gasteiger partial charge in [0.1, 0.15) is 19.0 Å². The number of carboxylic acids is 1. The minimum absolute atomic E-state index is 0.189. The number of morpholine rings is 1. The first-order chi connectivity index (χ1) is 13.1. The third kappa shape index (κ3) is 5.21. The Kier molecular flexibility index (Phi) is 6.27. The molecule has 1 amide bonds. The monoisotopic (exact) mass is 371 g/mol. The molecule has 1 aliphatic heterocycles. The van der Waals surface area contributed by atoms with Crippen molar-refractivity contribution in [3.05, 3.63) is 65.7 Å². The molecule has 1 aliphatic rings. The Labute approximate surface area is 157 Å². The van der Waals surface area contributed by atoms with E-state index < -0.39 is 12.1 Å². The molecule has 2 aromatic rings. The van der Waals surface area contributed by atoms with E-state index in [1.807, 2.05) is 30.3 Å². The second kappa shape index (κ2) is 9.05. The Hall–Kier alpha value is -3.06. The zero-order valence-corrected chi connectivity index (χ0v) is 14.7. The Morgan fingerprint density at radius 3 is 2.56 bits per heavy atom.